The van der Waals surface area contributed by atoms with Gasteiger partial charge in [0, 0.05) is 5.56 Å². The molecule has 0 saturated heterocycles. The summed E-state index contributed by atoms with van der Waals surface area (Å²) in [5.41, 5.74) is 1.92. The van der Waals surface area contributed by atoms with Crippen LogP contribution in [-0.2, 0) is 14.3 Å². The molecule has 0 aromatic heterocycles. The summed E-state index contributed by atoms with van der Waals surface area (Å²) < 4.78 is 11.6. The van der Waals surface area contributed by atoms with Gasteiger partial charge in [-0.25, -0.2) is 4.79 Å². The second-order valence-electron chi connectivity index (χ2n) is 9.90. The molecular formula is C26H31NO4. The van der Waals surface area contributed by atoms with E-state index in [1.807, 2.05) is 103 Å². The molecule has 5 heteroatoms. The Balaban J connectivity index is 2.17. The van der Waals surface area contributed by atoms with Crippen LogP contribution in [0.25, 0.3) is 5.76 Å². The van der Waals surface area contributed by atoms with Gasteiger partial charge in [-0.15, -0.1) is 0 Å². The number of amides is 1. The minimum Gasteiger partial charge on any atom is -0.443 e. The zero-order valence-electron chi connectivity index (χ0n) is 19.4. The molecular weight excluding hydrogens is 390 g/mol. The summed E-state index contributed by atoms with van der Waals surface area (Å²) in [4.78, 5) is 27.6. The number of benzene rings is 2. The van der Waals surface area contributed by atoms with Crippen molar-refractivity contribution in [1.29, 1.82) is 0 Å². The Hall–Kier alpha value is -3.08. The zero-order chi connectivity index (χ0) is 23.0. The Kier molecular flexibility index (Phi) is 5.99. The summed E-state index contributed by atoms with van der Waals surface area (Å²) in [5.74, 6) is 0.121. The maximum absolute atomic E-state index is 13.3. The number of carbonyl (C=O) groups is 2. The number of ether oxygens (including phenoxy) is 2. The minimum absolute atomic E-state index is 0.330. The van der Waals surface area contributed by atoms with Gasteiger partial charge < -0.3 is 9.47 Å². The van der Waals surface area contributed by atoms with Crippen molar-refractivity contribution < 1.29 is 19.1 Å². The van der Waals surface area contributed by atoms with E-state index in [0.717, 1.165) is 11.1 Å². The molecule has 3 rings (SSSR count). The lowest BCUT2D eigenvalue weighted by atomic mass is 9.94. The van der Waals surface area contributed by atoms with Gasteiger partial charge in [0.1, 0.15) is 11.4 Å². The van der Waals surface area contributed by atoms with Crippen molar-refractivity contribution >= 4 is 23.5 Å². The van der Waals surface area contributed by atoms with Crippen LogP contribution in [-0.4, -0.2) is 17.7 Å². The molecule has 2 aromatic carbocycles. The first kappa shape index (κ1) is 22.6. The highest BCUT2D eigenvalue weighted by Crippen LogP contribution is 2.42. The minimum atomic E-state index is -0.657. The van der Waals surface area contributed by atoms with E-state index < -0.39 is 23.2 Å². The zero-order valence-corrected chi connectivity index (χ0v) is 19.4. The van der Waals surface area contributed by atoms with Crippen molar-refractivity contribution in [3.8, 4) is 0 Å². The maximum Gasteiger partial charge on any atom is 0.415 e. The fraction of sp³-hybridized carbons (Fsp3) is 0.385. The van der Waals surface area contributed by atoms with Gasteiger partial charge in [0.15, 0.2) is 0 Å². The number of esters is 1. The molecule has 0 aliphatic carbocycles. The second-order valence-corrected chi connectivity index (χ2v) is 9.90. The number of aryl methyl sites for hydroxylation is 1. The molecule has 0 bridgehead atoms. The SMILES string of the molecule is Cc1ccc2c(c1)C(OC(=O)C(C)(C)C)=CC(c1ccccc1)N2C(=O)OC(C)(C)C. The summed E-state index contributed by atoms with van der Waals surface area (Å²) in [6, 6.07) is 14.9. The molecule has 2 aromatic rings. The molecule has 1 aliphatic heterocycles. The van der Waals surface area contributed by atoms with Gasteiger partial charge >= 0.3 is 12.1 Å². The van der Waals surface area contributed by atoms with Crippen LogP contribution in [0.1, 0.15) is 64.3 Å². The highest BCUT2D eigenvalue weighted by atomic mass is 16.6. The number of anilines is 1. The Morgan fingerprint density at radius 2 is 1.58 bits per heavy atom. The summed E-state index contributed by atoms with van der Waals surface area (Å²) in [6.07, 6.45) is 1.37. The van der Waals surface area contributed by atoms with E-state index in [1.54, 1.807) is 4.90 Å². The van der Waals surface area contributed by atoms with Crippen molar-refractivity contribution in [3.63, 3.8) is 0 Å². The van der Waals surface area contributed by atoms with Crippen LogP contribution in [0.4, 0.5) is 10.5 Å². The fourth-order valence-electron chi connectivity index (χ4n) is 3.28. The van der Waals surface area contributed by atoms with Crippen molar-refractivity contribution in [1.82, 2.24) is 0 Å². The monoisotopic (exact) mass is 421 g/mol. The number of fused-ring (bicyclic) bond motifs is 1. The average molecular weight is 422 g/mol. The highest BCUT2D eigenvalue weighted by molar-refractivity contribution is 5.97. The van der Waals surface area contributed by atoms with Gasteiger partial charge in [-0.1, -0.05) is 42.0 Å². The van der Waals surface area contributed by atoms with E-state index in [-0.39, 0.29) is 5.97 Å². The second kappa shape index (κ2) is 8.22. The Bertz CT molecular complexity index is 1010. The first-order valence-corrected chi connectivity index (χ1v) is 10.5. The van der Waals surface area contributed by atoms with E-state index in [9.17, 15) is 9.59 Å². The van der Waals surface area contributed by atoms with Crippen LogP contribution in [0, 0.1) is 12.3 Å². The third-order valence-electron chi connectivity index (χ3n) is 4.81. The standard InChI is InChI=1S/C26H31NO4/c1-17-13-14-20-19(15-17)22(30-23(28)25(2,3)4)16-21(18-11-9-8-10-12-18)27(20)24(29)31-26(5,6)7/h8-16,21H,1-7H3. The Morgan fingerprint density at radius 1 is 0.935 bits per heavy atom. The molecule has 164 valence electrons. The van der Waals surface area contributed by atoms with Crippen LogP contribution >= 0.6 is 0 Å². The molecule has 1 heterocycles. The first-order chi connectivity index (χ1) is 14.4. The largest absolute Gasteiger partial charge is 0.443 e. The molecule has 0 N–H and O–H groups in total. The van der Waals surface area contributed by atoms with E-state index in [2.05, 4.69) is 0 Å². The normalized spacial score (nSPS) is 16.3. The predicted octanol–water partition coefficient (Wildman–Crippen LogP) is 6.42. The summed E-state index contributed by atoms with van der Waals surface area (Å²) in [5, 5.41) is 0. The van der Waals surface area contributed by atoms with Gasteiger partial charge in [0.05, 0.1) is 17.1 Å². The summed E-state index contributed by atoms with van der Waals surface area (Å²) in [6.45, 7) is 12.9. The molecule has 0 fully saturated rings. The number of hydrogen-bond acceptors (Lipinski definition) is 4. The molecule has 1 aliphatic rings. The number of carbonyl (C=O) groups excluding carboxylic acids is 2. The van der Waals surface area contributed by atoms with Crippen LogP contribution < -0.4 is 4.90 Å². The van der Waals surface area contributed by atoms with Crippen LogP contribution in [0.2, 0.25) is 0 Å². The molecule has 0 spiro atoms. The average Bonchev–Trinajstić information content (AvgIpc) is 2.66. The topological polar surface area (TPSA) is 55.8 Å². The van der Waals surface area contributed by atoms with Crippen molar-refractivity contribution in [3.05, 3.63) is 71.3 Å². The van der Waals surface area contributed by atoms with Crippen molar-refractivity contribution in [2.24, 2.45) is 5.41 Å². The molecule has 1 unspecified atom stereocenters. The van der Waals surface area contributed by atoms with Crippen LogP contribution in [0.5, 0.6) is 0 Å². The lowest BCUT2D eigenvalue weighted by Gasteiger charge is -2.37. The first-order valence-electron chi connectivity index (χ1n) is 10.5. The third-order valence-corrected chi connectivity index (χ3v) is 4.81. The Morgan fingerprint density at radius 3 is 2.16 bits per heavy atom. The summed E-state index contributed by atoms with van der Waals surface area (Å²) in [7, 11) is 0. The fourth-order valence-corrected chi connectivity index (χ4v) is 3.28. The van der Waals surface area contributed by atoms with Gasteiger partial charge in [-0.05, 0) is 72.2 Å². The molecule has 0 radical (unpaired) electrons. The lowest BCUT2D eigenvalue weighted by Crippen LogP contribution is -2.41. The predicted molar refractivity (Wildman–Crippen MR) is 123 cm³/mol. The van der Waals surface area contributed by atoms with E-state index in [4.69, 9.17) is 9.47 Å². The van der Waals surface area contributed by atoms with Gasteiger partial charge in [-0.3, -0.25) is 9.69 Å². The van der Waals surface area contributed by atoms with Gasteiger partial charge in [0.25, 0.3) is 0 Å². The smallest absolute Gasteiger partial charge is 0.415 e. The molecule has 31 heavy (non-hydrogen) atoms. The van der Waals surface area contributed by atoms with E-state index in [1.165, 1.54) is 0 Å². The summed E-state index contributed by atoms with van der Waals surface area (Å²) >= 11 is 0. The lowest BCUT2D eigenvalue weighted by molar-refractivity contribution is -0.145. The molecule has 1 atom stereocenters. The molecule has 0 saturated carbocycles. The van der Waals surface area contributed by atoms with Crippen LogP contribution in [0.15, 0.2) is 54.6 Å². The quantitative estimate of drug-likeness (QED) is 0.525. The van der Waals surface area contributed by atoms with Crippen molar-refractivity contribution in [2.45, 2.75) is 60.1 Å². The number of rotatable bonds is 2. The Labute approximate surface area is 184 Å². The molecule has 5 nitrogen and oxygen atoms in total. The van der Waals surface area contributed by atoms with E-state index in [0.29, 0.717) is 17.0 Å². The van der Waals surface area contributed by atoms with Crippen LogP contribution in [0.3, 0.4) is 0 Å². The third kappa shape index (κ3) is 5.16. The highest BCUT2D eigenvalue weighted by Gasteiger charge is 2.37. The van der Waals surface area contributed by atoms with Gasteiger partial charge in [0.2, 0.25) is 0 Å². The van der Waals surface area contributed by atoms with Crippen molar-refractivity contribution in [2.75, 3.05) is 4.90 Å². The maximum atomic E-state index is 13.3. The van der Waals surface area contributed by atoms with E-state index >= 15 is 0 Å². The molecule has 1 amide bonds. The number of nitrogens with zero attached hydrogens (tertiary/aromatic N) is 1. The van der Waals surface area contributed by atoms with Gasteiger partial charge in [-0.2, -0.15) is 0 Å². The number of hydrogen-bond donors (Lipinski definition) is 0.